The lowest BCUT2D eigenvalue weighted by atomic mass is 9.92. The van der Waals surface area contributed by atoms with Crippen molar-refractivity contribution in [1.82, 2.24) is 9.44 Å². The van der Waals surface area contributed by atoms with E-state index in [1.807, 2.05) is 54.6 Å². The molecule has 2 N–H and O–H groups in total. The zero-order valence-corrected chi connectivity index (χ0v) is 14.8. The Morgan fingerprint density at radius 1 is 1.00 bits per heavy atom. The van der Waals surface area contributed by atoms with Gasteiger partial charge in [-0.3, -0.25) is 0 Å². The second-order valence-corrected chi connectivity index (χ2v) is 7.09. The molecule has 2 aromatic carbocycles. The molecule has 0 radical (unpaired) electrons. The summed E-state index contributed by atoms with van der Waals surface area (Å²) in [6.07, 6.45) is 0.739. The Labute approximate surface area is 144 Å². The smallest absolute Gasteiger partial charge is 0.276 e. The van der Waals surface area contributed by atoms with Crippen molar-refractivity contribution in [3.8, 4) is 5.75 Å². The third-order valence-electron chi connectivity index (χ3n) is 3.77. The first-order chi connectivity index (χ1) is 11.5. The van der Waals surface area contributed by atoms with Crippen molar-refractivity contribution in [2.75, 3.05) is 20.2 Å². The molecule has 0 saturated heterocycles. The molecule has 24 heavy (non-hydrogen) atoms. The zero-order valence-electron chi connectivity index (χ0n) is 14.0. The average Bonchev–Trinajstić information content (AvgIpc) is 2.60. The van der Waals surface area contributed by atoms with E-state index in [0.717, 1.165) is 23.3 Å². The molecule has 6 heteroatoms. The molecule has 1 unspecified atom stereocenters. The van der Waals surface area contributed by atoms with Crippen LogP contribution in [-0.4, -0.2) is 28.6 Å². The van der Waals surface area contributed by atoms with Crippen molar-refractivity contribution in [3.05, 3.63) is 65.7 Å². The molecule has 0 aliphatic carbocycles. The Kier molecular flexibility index (Phi) is 6.78. The maximum Gasteiger partial charge on any atom is 0.276 e. The summed E-state index contributed by atoms with van der Waals surface area (Å²) in [6.45, 7) is 2.46. The van der Waals surface area contributed by atoms with Gasteiger partial charge in [0.25, 0.3) is 10.2 Å². The molecule has 0 saturated carbocycles. The second kappa shape index (κ2) is 8.82. The number of nitrogens with one attached hydrogen (secondary N) is 2. The Morgan fingerprint density at radius 2 is 1.67 bits per heavy atom. The number of hydrogen-bond donors (Lipinski definition) is 2. The quantitative estimate of drug-likeness (QED) is 0.731. The topological polar surface area (TPSA) is 67.4 Å². The van der Waals surface area contributed by atoms with Gasteiger partial charge in [0.05, 0.1) is 7.11 Å². The van der Waals surface area contributed by atoms with E-state index in [-0.39, 0.29) is 5.92 Å². The Bertz CT molecular complexity index is 716. The summed E-state index contributed by atoms with van der Waals surface area (Å²) in [5.41, 5.74) is 2.24. The van der Waals surface area contributed by atoms with Crippen molar-refractivity contribution in [3.63, 3.8) is 0 Å². The van der Waals surface area contributed by atoms with E-state index in [1.54, 1.807) is 14.0 Å². The summed E-state index contributed by atoms with van der Waals surface area (Å²) >= 11 is 0. The summed E-state index contributed by atoms with van der Waals surface area (Å²) in [7, 11) is -1.82. The molecular weight excluding hydrogens is 324 g/mol. The Hall–Kier alpha value is -1.89. The van der Waals surface area contributed by atoms with Crippen molar-refractivity contribution >= 4 is 10.2 Å². The lowest BCUT2D eigenvalue weighted by molar-refractivity contribution is 0.414. The molecule has 130 valence electrons. The predicted octanol–water partition coefficient (Wildman–Crippen LogP) is 2.47. The van der Waals surface area contributed by atoms with Gasteiger partial charge in [0, 0.05) is 19.0 Å². The molecule has 0 aliphatic rings. The van der Waals surface area contributed by atoms with E-state index in [9.17, 15) is 8.42 Å². The van der Waals surface area contributed by atoms with E-state index >= 15 is 0 Å². The van der Waals surface area contributed by atoms with Crippen LogP contribution in [0, 0.1) is 0 Å². The highest BCUT2D eigenvalue weighted by Gasteiger charge is 2.16. The van der Waals surface area contributed by atoms with Gasteiger partial charge in [0.2, 0.25) is 0 Å². The third kappa shape index (κ3) is 5.63. The minimum Gasteiger partial charge on any atom is -0.497 e. The minimum absolute atomic E-state index is 0.0491. The van der Waals surface area contributed by atoms with Gasteiger partial charge >= 0.3 is 0 Å². The van der Waals surface area contributed by atoms with Crippen molar-refractivity contribution < 1.29 is 13.2 Å². The molecule has 5 nitrogen and oxygen atoms in total. The molecule has 2 rings (SSSR count). The molecule has 0 aromatic heterocycles. The highest BCUT2D eigenvalue weighted by molar-refractivity contribution is 7.87. The van der Waals surface area contributed by atoms with E-state index < -0.39 is 10.2 Å². The van der Waals surface area contributed by atoms with Crippen molar-refractivity contribution in [2.24, 2.45) is 0 Å². The molecule has 0 fully saturated rings. The number of methoxy groups -OCH3 is 1. The fourth-order valence-electron chi connectivity index (χ4n) is 2.53. The molecule has 0 aliphatic heterocycles. The SMILES string of the molecule is CCNS(=O)(=O)NCC(Cc1ccc(OC)cc1)c1ccccc1. The first-order valence-corrected chi connectivity index (χ1v) is 9.44. The van der Waals surface area contributed by atoms with Crippen LogP contribution >= 0.6 is 0 Å². The van der Waals surface area contributed by atoms with Crippen LogP contribution in [0.25, 0.3) is 0 Å². The Balaban J connectivity index is 2.13. The van der Waals surface area contributed by atoms with Crippen LogP contribution in [0.1, 0.15) is 24.0 Å². The highest BCUT2D eigenvalue weighted by atomic mass is 32.2. The summed E-state index contributed by atoms with van der Waals surface area (Å²) < 4.78 is 34.0. The van der Waals surface area contributed by atoms with E-state index in [0.29, 0.717) is 13.1 Å². The normalized spacial score (nSPS) is 12.8. The van der Waals surface area contributed by atoms with Gasteiger partial charge in [-0.2, -0.15) is 8.42 Å². The van der Waals surface area contributed by atoms with Crippen LogP contribution in [0.4, 0.5) is 0 Å². The molecule has 0 bridgehead atoms. The standard InChI is InChI=1S/C18H24N2O3S/c1-3-19-24(21,22)20-14-17(16-7-5-4-6-8-16)13-15-9-11-18(23-2)12-10-15/h4-12,17,19-20H,3,13-14H2,1-2H3. The van der Waals surface area contributed by atoms with E-state index in [4.69, 9.17) is 4.74 Å². The zero-order chi connectivity index (χ0) is 17.4. The largest absolute Gasteiger partial charge is 0.497 e. The van der Waals surface area contributed by atoms with Crippen LogP contribution in [-0.2, 0) is 16.6 Å². The third-order valence-corrected chi connectivity index (χ3v) is 4.98. The van der Waals surface area contributed by atoms with Crippen LogP contribution in [0.5, 0.6) is 5.75 Å². The van der Waals surface area contributed by atoms with Gasteiger partial charge < -0.3 is 4.74 Å². The molecule has 0 amide bonds. The lowest BCUT2D eigenvalue weighted by Crippen LogP contribution is -2.38. The van der Waals surface area contributed by atoms with Crippen LogP contribution in [0.15, 0.2) is 54.6 Å². The molecule has 1 atom stereocenters. The number of ether oxygens (including phenoxy) is 1. The van der Waals surface area contributed by atoms with Gasteiger partial charge in [-0.05, 0) is 29.7 Å². The van der Waals surface area contributed by atoms with Gasteiger partial charge in [0.1, 0.15) is 5.75 Å². The van der Waals surface area contributed by atoms with Gasteiger partial charge in [-0.1, -0.05) is 49.4 Å². The van der Waals surface area contributed by atoms with Crippen LogP contribution in [0.3, 0.4) is 0 Å². The number of rotatable bonds is 9. The highest BCUT2D eigenvalue weighted by Crippen LogP contribution is 2.22. The summed E-state index contributed by atoms with van der Waals surface area (Å²) in [4.78, 5) is 0. The average molecular weight is 348 g/mol. The van der Waals surface area contributed by atoms with E-state index in [2.05, 4.69) is 9.44 Å². The van der Waals surface area contributed by atoms with Gasteiger partial charge in [0.15, 0.2) is 0 Å². The minimum atomic E-state index is -3.46. The monoisotopic (exact) mass is 348 g/mol. The van der Waals surface area contributed by atoms with E-state index in [1.165, 1.54) is 0 Å². The fraction of sp³-hybridized carbons (Fsp3) is 0.333. The predicted molar refractivity (Wildman–Crippen MR) is 96.5 cm³/mol. The van der Waals surface area contributed by atoms with Gasteiger partial charge in [-0.25, -0.2) is 9.44 Å². The molecule has 2 aromatic rings. The Morgan fingerprint density at radius 3 is 2.25 bits per heavy atom. The van der Waals surface area contributed by atoms with Crippen molar-refractivity contribution in [2.45, 2.75) is 19.3 Å². The van der Waals surface area contributed by atoms with Crippen molar-refractivity contribution in [1.29, 1.82) is 0 Å². The second-order valence-electron chi connectivity index (χ2n) is 5.51. The summed E-state index contributed by atoms with van der Waals surface area (Å²) in [6, 6.07) is 17.8. The summed E-state index contributed by atoms with van der Waals surface area (Å²) in [5.74, 6) is 0.857. The number of hydrogen-bond acceptors (Lipinski definition) is 3. The molecule has 0 heterocycles. The van der Waals surface area contributed by atoms with Gasteiger partial charge in [-0.15, -0.1) is 0 Å². The number of benzene rings is 2. The fourth-order valence-corrected chi connectivity index (χ4v) is 3.43. The molecule has 0 spiro atoms. The lowest BCUT2D eigenvalue weighted by Gasteiger charge is -2.19. The maximum absolute atomic E-state index is 11.9. The first kappa shape index (κ1) is 18.4. The first-order valence-electron chi connectivity index (χ1n) is 7.96. The van der Waals surface area contributed by atoms with Crippen LogP contribution in [0.2, 0.25) is 0 Å². The van der Waals surface area contributed by atoms with Crippen LogP contribution < -0.4 is 14.2 Å². The summed E-state index contributed by atoms with van der Waals surface area (Å²) in [5, 5.41) is 0. The molecular formula is C18H24N2O3S. The maximum atomic E-state index is 11.9.